The Hall–Kier alpha value is -0.260. The highest BCUT2D eigenvalue weighted by Crippen LogP contribution is 2.36. The Morgan fingerprint density at radius 3 is 2.56 bits per heavy atom. The summed E-state index contributed by atoms with van der Waals surface area (Å²) in [6.07, 6.45) is 0.927. The number of nitrogens with one attached hydrogen (secondary N) is 1. The van der Waals surface area contributed by atoms with Gasteiger partial charge in [-0.1, -0.05) is 0 Å². The van der Waals surface area contributed by atoms with Crippen LogP contribution >= 0.6 is 0 Å². The van der Waals surface area contributed by atoms with Crippen LogP contribution in [0.2, 0.25) is 0 Å². The smallest absolute Gasteiger partial charge is 0.262 e. The number of halogens is 2. The van der Waals surface area contributed by atoms with E-state index in [1.165, 1.54) is 0 Å². The summed E-state index contributed by atoms with van der Waals surface area (Å²) < 4.78 is 26.8. The number of likely N-dealkylation sites (tertiary alicyclic amines) is 1. The van der Waals surface area contributed by atoms with E-state index in [-0.39, 0.29) is 25.0 Å². The van der Waals surface area contributed by atoms with Crippen molar-refractivity contribution >= 4 is 0 Å². The third-order valence-corrected chi connectivity index (χ3v) is 3.68. The lowest BCUT2D eigenvalue weighted by Crippen LogP contribution is -2.48. The van der Waals surface area contributed by atoms with Gasteiger partial charge in [0.2, 0.25) is 0 Å². The second kappa shape index (κ2) is 4.55. The first kappa shape index (κ1) is 12.2. The lowest BCUT2D eigenvalue weighted by Gasteiger charge is -2.36. The molecule has 0 amide bonds. The Bertz CT molecular complexity index is 242. The maximum Gasteiger partial charge on any atom is 0.262 e. The van der Waals surface area contributed by atoms with E-state index in [9.17, 15) is 13.9 Å². The van der Waals surface area contributed by atoms with E-state index in [1.54, 1.807) is 6.92 Å². The number of nitrogens with zero attached hydrogens (tertiary/aromatic N) is 1. The van der Waals surface area contributed by atoms with Gasteiger partial charge < -0.3 is 10.4 Å². The van der Waals surface area contributed by atoms with Crippen LogP contribution in [0.4, 0.5) is 8.78 Å². The van der Waals surface area contributed by atoms with Crippen LogP contribution in [-0.4, -0.2) is 53.8 Å². The van der Waals surface area contributed by atoms with Gasteiger partial charge in [-0.2, -0.15) is 0 Å². The van der Waals surface area contributed by atoms with Crippen LogP contribution in [0.25, 0.3) is 0 Å². The fourth-order valence-electron chi connectivity index (χ4n) is 2.86. The largest absolute Gasteiger partial charge is 0.392 e. The Balaban J connectivity index is 2.05. The molecule has 0 spiro atoms. The average molecular weight is 234 g/mol. The van der Waals surface area contributed by atoms with Gasteiger partial charge in [-0.05, 0) is 32.9 Å². The second-order valence-corrected chi connectivity index (χ2v) is 5.02. The molecule has 2 saturated heterocycles. The van der Waals surface area contributed by atoms with Crippen LogP contribution in [0.1, 0.15) is 26.2 Å². The molecule has 2 aliphatic rings. The number of hydrogen-bond acceptors (Lipinski definition) is 3. The number of rotatable bonds is 2. The number of aliphatic hydroxyl groups is 1. The minimum Gasteiger partial charge on any atom is -0.392 e. The van der Waals surface area contributed by atoms with Crippen LogP contribution in [-0.2, 0) is 0 Å². The molecular weight excluding hydrogens is 214 g/mol. The molecule has 2 atom stereocenters. The molecule has 2 heterocycles. The molecule has 2 unspecified atom stereocenters. The molecular formula is C11H20F2N2O. The van der Waals surface area contributed by atoms with Gasteiger partial charge in [-0.25, -0.2) is 8.78 Å². The summed E-state index contributed by atoms with van der Waals surface area (Å²) in [6, 6.07) is -0.174. The van der Waals surface area contributed by atoms with Gasteiger partial charge in [0, 0.05) is 18.5 Å². The third kappa shape index (κ3) is 2.52. The van der Waals surface area contributed by atoms with Crippen molar-refractivity contribution in [2.24, 2.45) is 0 Å². The van der Waals surface area contributed by atoms with Crippen LogP contribution in [0.5, 0.6) is 0 Å². The standard InChI is InChI=1S/C11H20F2N2O/c1-8(16)10-6-11(12,13)7-15(10)9-2-4-14-5-3-9/h8-10,14,16H,2-7H2,1H3. The first-order valence-corrected chi connectivity index (χ1v) is 6.02. The van der Waals surface area contributed by atoms with Crippen molar-refractivity contribution in [3.8, 4) is 0 Å². The first-order valence-electron chi connectivity index (χ1n) is 6.02. The first-order chi connectivity index (χ1) is 7.49. The van der Waals surface area contributed by atoms with E-state index < -0.39 is 12.0 Å². The van der Waals surface area contributed by atoms with E-state index in [1.807, 2.05) is 4.90 Å². The summed E-state index contributed by atoms with van der Waals surface area (Å²) in [7, 11) is 0. The molecule has 0 aromatic heterocycles. The van der Waals surface area contributed by atoms with Crippen molar-refractivity contribution in [1.29, 1.82) is 0 Å². The zero-order valence-electron chi connectivity index (χ0n) is 9.63. The molecule has 0 saturated carbocycles. The summed E-state index contributed by atoms with van der Waals surface area (Å²) in [5.41, 5.74) is 0. The Labute approximate surface area is 94.8 Å². The fraction of sp³-hybridized carbons (Fsp3) is 1.00. The number of alkyl halides is 2. The number of aliphatic hydroxyl groups excluding tert-OH is 1. The van der Waals surface area contributed by atoms with E-state index in [2.05, 4.69) is 5.32 Å². The summed E-state index contributed by atoms with van der Waals surface area (Å²) in [6.45, 7) is 3.20. The van der Waals surface area contributed by atoms with E-state index >= 15 is 0 Å². The molecule has 0 bridgehead atoms. The summed E-state index contributed by atoms with van der Waals surface area (Å²) >= 11 is 0. The molecule has 5 heteroatoms. The van der Waals surface area contributed by atoms with E-state index in [0.717, 1.165) is 25.9 Å². The lowest BCUT2D eigenvalue weighted by molar-refractivity contribution is 0.00584. The van der Waals surface area contributed by atoms with Crippen molar-refractivity contribution in [2.75, 3.05) is 19.6 Å². The number of piperidine rings is 1. The van der Waals surface area contributed by atoms with Gasteiger partial charge in [-0.15, -0.1) is 0 Å². The average Bonchev–Trinajstić information content (AvgIpc) is 2.56. The highest BCUT2D eigenvalue weighted by atomic mass is 19.3. The molecule has 2 fully saturated rings. The predicted octanol–water partition coefficient (Wildman–Crippen LogP) is 0.829. The highest BCUT2D eigenvalue weighted by molar-refractivity contribution is 4.96. The molecule has 16 heavy (non-hydrogen) atoms. The SMILES string of the molecule is CC(O)C1CC(F)(F)CN1C1CCNCC1. The summed E-state index contributed by atoms with van der Waals surface area (Å²) in [5, 5.41) is 12.8. The molecule has 2 aliphatic heterocycles. The van der Waals surface area contributed by atoms with E-state index in [0.29, 0.717) is 0 Å². The predicted molar refractivity (Wildman–Crippen MR) is 57.6 cm³/mol. The van der Waals surface area contributed by atoms with Gasteiger partial charge in [0.05, 0.1) is 12.6 Å². The Kier molecular flexibility index (Phi) is 3.47. The molecule has 2 rings (SSSR count). The maximum atomic E-state index is 13.4. The molecule has 0 aliphatic carbocycles. The van der Waals surface area contributed by atoms with Crippen LogP contribution in [0, 0.1) is 0 Å². The second-order valence-electron chi connectivity index (χ2n) is 5.02. The molecule has 3 nitrogen and oxygen atoms in total. The molecule has 0 aromatic rings. The van der Waals surface area contributed by atoms with Crippen molar-refractivity contribution in [3.63, 3.8) is 0 Å². The normalized spacial score (nSPS) is 34.1. The minimum atomic E-state index is -2.63. The topological polar surface area (TPSA) is 35.5 Å². The van der Waals surface area contributed by atoms with Crippen molar-refractivity contribution in [3.05, 3.63) is 0 Å². The van der Waals surface area contributed by atoms with Crippen molar-refractivity contribution in [1.82, 2.24) is 10.2 Å². The van der Waals surface area contributed by atoms with Crippen LogP contribution in [0.3, 0.4) is 0 Å². The molecule has 94 valence electrons. The van der Waals surface area contributed by atoms with Gasteiger partial charge >= 0.3 is 0 Å². The fourth-order valence-corrected chi connectivity index (χ4v) is 2.86. The summed E-state index contributed by atoms with van der Waals surface area (Å²) in [5.74, 6) is -2.63. The third-order valence-electron chi connectivity index (χ3n) is 3.68. The quantitative estimate of drug-likeness (QED) is 0.743. The van der Waals surface area contributed by atoms with Gasteiger partial charge in [0.1, 0.15) is 0 Å². The van der Waals surface area contributed by atoms with Gasteiger partial charge in [-0.3, -0.25) is 4.90 Å². The van der Waals surface area contributed by atoms with Crippen LogP contribution in [0.15, 0.2) is 0 Å². The van der Waals surface area contributed by atoms with Gasteiger partial charge in [0.15, 0.2) is 0 Å². The Morgan fingerprint density at radius 2 is 2.00 bits per heavy atom. The lowest BCUT2D eigenvalue weighted by atomic mass is 10.0. The zero-order chi connectivity index (χ0) is 11.8. The highest BCUT2D eigenvalue weighted by Gasteiger charge is 2.48. The minimum absolute atomic E-state index is 0.187. The number of hydrogen-bond donors (Lipinski definition) is 2. The van der Waals surface area contributed by atoms with Gasteiger partial charge in [0.25, 0.3) is 5.92 Å². The monoisotopic (exact) mass is 234 g/mol. The molecule has 0 radical (unpaired) electrons. The summed E-state index contributed by atoms with van der Waals surface area (Å²) in [4.78, 5) is 1.82. The van der Waals surface area contributed by atoms with Crippen molar-refractivity contribution in [2.45, 2.75) is 50.3 Å². The Morgan fingerprint density at radius 1 is 1.38 bits per heavy atom. The van der Waals surface area contributed by atoms with Crippen LogP contribution < -0.4 is 5.32 Å². The molecule has 0 aromatic carbocycles. The van der Waals surface area contributed by atoms with Crippen molar-refractivity contribution < 1.29 is 13.9 Å². The van der Waals surface area contributed by atoms with E-state index in [4.69, 9.17) is 0 Å². The zero-order valence-corrected chi connectivity index (χ0v) is 9.63. The maximum absolute atomic E-state index is 13.4. The molecule has 2 N–H and O–H groups in total.